The maximum atomic E-state index is 12.9. The van der Waals surface area contributed by atoms with E-state index < -0.39 is 0 Å². The summed E-state index contributed by atoms with van der Waals surface area (Å²) < 4.78 is 4.19. The SMILES string of the molecule is CC(C(=O)N1CCC(c2cc(Cl)ccc2O)=N1)N1C=Cc2sncc2C1. The van der Waals surface area contributed by atoms with Crippen molar-refractivity contribution in [3.05, 3.63) is 51.6 Å². The largest absolute Gasteiger partial charge is 0.507 e. The summed E-state index contributed by atoms with van der Waals surface area (Å²) in [6.45, 7) is 3.03. The lowest BCUT2D eigenvalue weighted by Crippen LogP contribution is -2.42. The third-order valence-electron chi connectivity index (χ3n) is 4.63. The number of nitrogens with zero attached hydrogens (tertiary/aromatic N) is 4. The molecule has 2 aromatic rings. The zero-order chi connectivity index (χ0) is 18.3. The summed E-state index contributed by atoms with van der Waals surface area (Å²) in [7, 11) is 0. The zero-order valence-electron chi connectivity index (χ0n) is 14.1. The Hall–Kier alpha value is -2.38. The van der Waals surface area contributed by atoms with E-state index in [4.69, 9.17) is 11.6 Å². The topological polar surface area (TPSA) is 69.0 Å². The third kappa shape index (κ3) is 3.08. The third-order valence-corrected chi connectivity index (χ3v) is 5.67. The van der Waals surface area contributed by atoms with Crippen molar-refractivity contribution in [3.8, 4) is 5.75 Å². The van der Waals surface area contributed by atoms with Gasteiger partial charge in [0.15, 0.2) is 0 Å². The Bertz CT molecular complexity index is 924. The molecule has 0 radical (unpaired) electrons. The number of carbonyl (C=O) groups excluding carboxylic acids is 1. The molecule has 0 spiro atoms. The molecular weight excluding hydrogens is 372 g/mol. The molecule has 0 fully saturated rings. The number of carbonyl (C=O) groups is 1. The first-order valence-corrected chi connectivity index (χ1v) is 9.43. The molecule has 0 bridgehead atoms. The van der Waals surface area contributed by atoms with E-state index in [1.165, 1.54) is 22.6 Å². The molecule has 1 unspecified atom stereocenters. The van der Waals surface area contributed by atoms with Crippen LogP contribution in [-0.2, 0) is 11.3 Å². The maximum absolute atomic E-state index is 12.9. The highest BCUT2D eigenvalue weighted by Gasteiger charge is 2.30. The van der Waals surface area contributed by atoms with Crippen LogP contribution in [0.1, 0.15) is 29.3 Å². The summed E-state index contributed by atoms with van der Waals surface area (Å²) in [5, 5.41) is 16.5. The number of benzene rings is 1. The number of phenols is 1. The number of hydrazone groups is 1. The number of hydrogen-bond donors (Lipinski definition) is 1. The number of rotatable bonds is 3. The van der Waals surface area contributed by atoms with Crippen LogP contribution < -0.4 is 0 Å². The van der Waals surface area contributed by atoms with Gasteiger partial charge in [0, 0.05) is 41.5 Å². The van der Waals surface area contributed by atoms with Gasteiger partial charge in [-0.1, -0.05) is 11.6 Å². The van der Waals surface area contributed by atoms with Gasteiger partial charge in [-0.2, -0.15) is 5.10 Å². The van der Waals surface area contributed by atoms with Crippen LogP contribution >= 0.6 is 23.1 Å². The first-order valence-electron chi connectivity index (χ1n) is 8.28. The molecule has 6 nitrogen and oxygen atoms in total. The van der Waals surface area contributed by atoms with Gasteiger partial charge in [0.05, 0.1) is 17.1 Å². The van der Waals surface area contributed by atoms with E-state index in [2.05, 4.69) is 9.47 Å². The van der Waals surface area contributed by atoms with Crippen LogP contribution in [0.2, 0.25) is 5.02 Å². The average molecular weight is 389 g/mol. The van der Waals surface area contributed by atoms with Gasteiger partial charge >= 0.3 is 0 Å². The normalized spacial score (nSPS) is 17.2. The molecule has 2 aliphatic rings. The lowest BCUT2D eigenvalue weighted by molar-refractivity contribution is -0.135. The fourth-order valence-electron chi connectivity index (χ4n) is 3.11. The van der Waals surface area contributed by atoms with Crippen LogP contribution in [0.3, 0.4) is 0 Å². The summed E-state index contributed by atoms with van der Waals surface area (Å²) in [4.78, 5) is 16.0. The molecule has 4 rings (SSSR count). The highest BCUT2D eigenvalue weighted by Crippen LogP contribution is 2.27. The Balaban J connectivity index is 1.50. The molecule has 3 heterocycles. The molecule has 1 amide bonds. The Morgan fingerprint density at radius 3 is 3.12 bits per heavy atom. The minimum Gasteiger partial charge on any atom is -0.507 e. The van der Waals surface area contributed by atoms with Gasteiger partial charge in [0.25, 0.3) is 5.91 Å². The summed E-state index contributed by atoms with van der Waals surface area (Å²) >= 11 is 7.47. The van der Waals surface area contributed by atoms with Gasteiger partial charge in [-0.05, 0) is 42.7 Å². The Labute approximate surface area is 160 Å². The Morgan fingerprint density at radius 2 is 2.27 bits per heavy atom. The van der Waals surface area contributed by atoms with Crippen molar-refractivity contribution in [1.29, 1.82) is 0 Å². The molecule has 0 saturated heterocycles. The first kappa shape index (κ1) is 17.1. The summed E-state index contributed by atoms with van der Waals surface area (Å²) in [6.07, 6.45) is 6.36. The van der Waals surface area contributed by atoms with Gasteiger partial charge in [-0.3, -0.25) is 4.79 Å². The number of fused-ring (bicyclic) bond motifs is 1. The number of aromatic nitrogens is 1. The second-order valence-corrected chi connectivity index (χ2v) is 7.57. The molecule has 1 N–H and O–H groups in total. The van der Waals surface area contributed by atoms with E-state index >= 15 is 0 Å². The van der Waals surface area contributed by atoms with E-state index in [1.54, 1.807) is 12.1 Å². The lowest BCUT2D eigenvalue weighted by atomic mass is 10.1. The minimum absolute atomic E-state index is 0.0715. The second-order valence-electron chi connectivity index (χ2n) is 6.30. The van der Waals surface area contributed by atoms with Gasteiger partial charge < -0.3 is 10.0 Å². The van der Waals surface area contributed by atoms with Crippen LogP contribution in [0.5, 0.6) is 5.75 Å². The van der Waals surface area contributed by atoms with E-state index in [9.17, 15) is 9.90 Å². The standard InChI is InChI=1S/C18H17ClN4O2S/c1-11(22-6-5-17-12(10-22)9-20-26-17)18(25)23-7-4-15(21-23)14-8-13(19)2-3-16(14)24/h2-3,5-6,8-9,11,24H,4,7,10H2,1H3. The van der Waals surface area contributed by atoms with Crippen LogP contribution in [0.4, 0.5) is 0 Å². The monoisotopic (exact) mass is 388 g/mol. The number of hydrogen-bond acceptors (Lipinski definition) is 6. The smallest absolute Gasteiger partial charge is 0.265 e. The average Bonchev–Trinajstić information content (AvgIpc) is 3.31. The number of halogens is 1. The van der Waals surface area contributed by atoms with Crippen LogP contribution in [0.15, 0.2) is 35.7 Å². The summed E-state index contributed by atoms with van der Waals surface area (Å²) in [5.41, 5.74) is 2.38. The van der Waals surface area contributed by atoms with E-state index in [1.807, 2.05) is 30.3 Å². The number of phenolic OH excluding ortho intramolecular Hbond substituents is 1. The molecular formula is C18H17ClN4O2S. The molecule has 1 aromatic heterocycles. The van der Waals surface area contributed by atoms with E-state index in [0.717, 1.165) is 10.4 Å². The van der Waals surface area contributed by atoms with Crippen molar-refractivity contribution in [1.82, 2.24) is 14.3 Å². The summed E-state index contributed by atoms with van der Waals surface area (Å²) in [6, 6.07) is 4.50. The molecule has 0 aliphatic carbocycles. The molecule has 1 aromatic carbocycles. The first-order chi connectivity index (χ1) is 12.5. The fraction of sp³-hybridized carbons (Fsp3) is 0.278. The van der Waals surface area contributed by atoms with Crippen LogP contribution in [0.25, 0.3) is 6.08 Å². The van der Waals surface area contributed by atoms with Crippen molar-refractivity contribution in [2.45, 2.75) is 25.9 Å². The highest BCUT2D eigenvalue weighted by molar-refractivity contribution is 7.06. The van der Waals surface area contributed by atoms with Gasteiger partial charge in [-0.15, -0.1) is 0 Å². The second kappa shape index (κ2) is 6.74. The van der Waals surface area contributed by atoms with Crippen LogP contribution in [0, 0.1) is 0 Å². The van der Waals surface area contributed by atoms with Crippen molar-refractivity contribution in [2.24, 2.45) is 5.10 Å². The Kier molecular flexibility index (Phi) is 4.42. The van der Waals surface area contributed by atoms with Crippen molar-refractivity contribution < 1.29 is 9.90 Å². The maximum Gasteiger partial charge on any atom is 0.265 e. The molecule has 1 atom stereocenters. The van der Waals surface area contributed by atoms with E-state index in [-0.39, 0.29) is 17.7 Å². The van der Waals surface area contributed by atoms with Crippen molar-refractivity contribution in [2.75, 3.05) is 6.54 Å². The molecule has 134 valence electrons. The van der Waals surface area contributed by atoms with Crippen LogP contribution in [-0.4, -0.2) is 43.6 Å². The Morgan fingerprint density at radius 1 is 1.42 bits per heavy atom. The molecule has 8 heteroatoms. The number of amides is 1. The summed E-state index contributed by atoms with van der Waals surface area (Å²) in [5.74, 6) is 0.0461. The van der Waals surface area contributed by atoms with Crippen molar-refractivity contribution in [3.63, 3.8) is 0 Å². The lowest BCUT2D eigenvalue weighted by Gasteiger charge is -2.30. The van der Waals surface area contributed by atoms with Gasteiger partial charge in [0.1, 0.15) is 11.8 Å². The van der Waals surface area contributed by atoms with Crippen molar-refractivity contribution >= 4 is 40.8 Å². The van der Waals surface area contributed by atoms with Gasteiger partial charge in [0.2, 0.25) is 0 Å². The zero-order valence-corrected chi connectivity index (χ0v) is 15.7. The predicted molar refractivity (Wildman–Crippen MR) is 102 cm³/mol. The number of aromatic hydroxyl groups is 1. The minimum atomic E-state index is -0.338. The molecule has 0 saturated carbocycles. The van der Waals surface area contributed by atoms with E-state index in [0.29, 0.717) is 35.8 Å². The highest BCUT2D eigenvalue weighted by atomic mass is 35.5. The van der Waals surface area contributed by atoms with Gasteiger partial charge in [-0.25, -0.2) is 9.38 Å². The molecule has 2 aliphatic heterocycles. The predicted octanol–water partition coefficient (Wildman–Crippen LogP) is 3.31. The quantitative estimate of drug-likeness (QED) is 0.875. The fourth-order valence-corrected chi connectivity index (χ4v) is 3.93. The molecule has 26 heavy (non-hydrogen) atoms.